The molecule has 0 spiro atoms. The highest BCUT2D eigenvalue weighted by atomic mass is 16.5. The SMILES string of the molecule is C=CCN1C(=O)NC(c2ccc(OC)cc2)C(C(=O)OCC)=C1CN1CCN(C(=O)c2cccc(OC)c2)CC1. The normalized spacial score (nSPS) is 17.8. The Kier molecular flexibility index (Phi) is 9.44. The highest BCUT2D eigenvalue weighted by Gasteiger charge is 2.39. The van der Waals surface area contributed by atoms with E-state index in [-0.39, 0.29) is 25.1 Å². The van der Waals surface area contributed by atoms with Gasteiger partial charge in [0.15, 0.2) is 0 Å². The number of rotatable bonds is 10. The van der Waals surface area contributed by atoms with E-state index < -0.39 is 12.0 Å². The lowest BCUT2D eigenvalue weighted by molar-refractivity contribution is -0.139. The molecule has 1 fully saturated rings. The van der Waals surface area contributed by atoms with Gasteiger partial charge in [-0.05, 0) is 42.8 Å². The summed E-state index contributed by atoms with van der Waals surface area (Å²) >= 11 is 0. The van der Waals surface area contributed by atoms with Gasteiger partial charge in [0.25, 0.3) is 5.91 Å². The third-order valence-electron chi connectivity index (χ3n) is 7.04. The number of esters is 1. The molecule has 1 atom stereocenters. The first kappa shape index (κ1) is 28.7. The predicted molar refractivity (Wildman–Crippen MR) is 150 cm³/mol. The number of benzene rings is 2. The van der Waals surface area contributed by atoms with Crippen molar-refractivity contribution < 1.29 is 28.6 Å². The van der Waals surface area contributed by atoms with Crippen molar-refractivity contribution in [2.75, 3.05) is 60.1 Å². The largest absolute Gasteiger partial charge is 0.497 e. The summed E-state index contributed by atoms with van der Waals surface area (Å²) in [6, 6.07) is 13.3. The van der Waals surface area contributed by atoms with Gasteiger partial charge in [0.2, 0.25) is 0 Å². The first-order valence-electron chi connectivity index (χ1n) is 13.3. The van der Waals surface area contributed by atoms with E-state index in [2.05, 4.69) is 16.8 Å². The van der Waals surface area contributed by atoms with Gasteiger partial charge in [0.1, 0.15) is 11.5 Å². The molecule has 4 rings (SSSR count). The van der Waals surface area contributed by atoms with E-state index >= 15 is 0 Å². The lowest BCUT2D eigenvalue weighted by Gasteiger charge is -2.40. The van der Waals surface area contributed by atoms with Gasteiger partial charge in [0.05, 0.1) is 32.4 Å². The van der Waals surface area contributed by atoms with E-state index in [1.54, 1.807) is 68.5 Å². The minimum atomic E-state index is -0.690. The van der Waals surface area contributed by atoms with Gasteiger partial charge in [-0.25, -0.2) is 9.59 Å². The Morgan fingerprint density at radius 3 is 2.35 bits per heavy atom. The number of nitrogens with one attached hydrogen (secondary N) is 1. The van der Waals surface area contributed by atoms with E-state index in [9.17, 15) is 14.4 Å². The fourth-order valence-corrected chi connectivity index (χ4v) is 4.95. The van der Waals surface area contributed by atoms with E-state index in [1.165, 1.54) is 4.90 Å². The van der Waals surface area contributed by atoms with Crippen LogP contribution in [0, 0.1) is 0 Å². The van der Waals surface area contributed by atoms with Crippen LogP contribution in [-0.4, -0.2) is 92.7 Å². The van der Waals surface area contributed by atoms with Crippen LogP contribution in [0.3, 0.4) is 0 Å². The number of hydrogen-bond donors (Lipinski definition) is 1. The number of urea groups is 1. The minimum absolute atomic E-state index is 0.0603. The van der Waals surface area contributed by atoms with Crippen LogP contribution >= 0.6 is 0 Å². The van der Waals surface area contributed by atoms with Gasteiger partial charge in [0, 0.05) is 50.5 Å². The van der Waals surface area contributed by atoms with E-state index in [1.807, 2.05) is 12.1 Å². The lowest BCUT2D eigenvalue weighted by Crippen LogP contribution is -2.53. The van der Waals surface area contributed by atoms with Crippen LogP contribution in [0.4, 0.5) is 4.79 Å². The average molecular weight is 549 g/mol. The molecule has 1 unspecified atom stereocenters. The number of carbonyl (C=O) groups is 3. The molecule has 10 nitrogen and oxygen atoms in total. The number of methoxy groups -OCH3 is 2. The van der Waals surface area contributed by atoms with Crippen molar-refractivity contribution in [3.8, 4) is 11.5 Å². The highest BCUT2D eigenvalue weighted by Crippen LogP contribution is 2.33. The second-order valence-corrected chi connectivity index (χ2v) is 9.44. The Labute approximate surface area is 234 Å². The number of carbonyl (C=O) groups excluding carboxylic acids is 3. The molecule has 2 aromatic carbocycles. The topological polar surface area (TPSA) is 101 Å². The molecular formula is C30H36N4O6. The smallest absolute Gasteiger partial charge is 0.338 e. The first-order chi connectivity index (χ1) is 19.4. The molecule has 0 aromatic heterocycles. The fraction of sp³-hybridized carbons (Fsp3) is 0.367. The molecule has 0 aliphatic carbocycles. The molecule has 3 amide bonds. The van der Waals surface area contributed by atoms with Crippen LogP contribution in [0.5, 0.6) is 11.5 Å². The summed E-state index contributed by atoms with van der Waals surface area (Å²) in [5.41, 5.74) is 2.25. The van der Waals surface area contributed by atoms with Crippen LogP contribution in [0.1, 0.15) is 28.9 Å². The maximum Gasteiger partial charge on any atom is 0.338 e. The van der Waals surface area contributed by atoms with Gasteiger partial charge >= 0.3 is 12.0 Å². The Bertz CT molecular complexity index is 1270. The summed E-state index contributed by atoms with van der Waals surface area (Å²) in [5, 5.41) is 2.97. The maximum atomic E-state index is 13.4. The quantitative estimate of drug-likeness (QED) is 0.359. The van der Waals surface area contributed by atoms with Crippen molar-refractivity contribution in [2.45, 2.75) is 13.0 Å². The van der Waals surface area contributed by atoms with Crippen LogP contribution in [0.2, 0.25) is 0 Å². The fourth-order valence-electron chi connectivity index (χ4n) is 4.95. The number of nitrogens with zero attached hydrogens (tertiary/aromatic N) is 3. The van der Waals surface area contributed by atoms with E-state index in [4.69, 9.17) is 14.2 Å². The molecule has 10 heteroatoms. The van der Waals surface area contributed by atoms with E-state index in [0.29, 0.717) is 61.1 Å². The zero-order chi connectivity index (χ0) is 28.6. The third kappa shape index (κ3) is 6.28. The van der Waals surface area contributed by atoms with Gasteiger partial charge in [-0.1, -0.05) is 24.3 Å². The lowest BCUT2D eigenvalue weighted by atomic mass is 9.94. The molecule has 1 N–H and O–H groups in total. The second kappa shape index (κ2) is 13.2. The van der Waals surface area contributed by atoms with Crippen LogP contribution in [-0.2, 0) is 9.53 Å². The zero-order valence-electron chi connectivity index (χ0n) is 23.2. The molecule has 0 saturated carbocycles. The zero-order valence-corrected chi connectivity index (χ0v) is 23.2. The maximum absolute atomic E-state index is 13.4. The standard InChI is InChI=1S/C30H36N4O6/c1-5-14-34-25(20-32-15-17-33(18-16-32)28(35)22-8-7-9-24(19-22)39-4)26(29(36)40-6-2)27(31-30(34)37)21-10-12-23(38-3)13-11-21/h5,7-13,19,27H,1,6,14-18,20H2,2-4H3,(H,31,37). The summed E-state index contributed by atoms with van der Waals surface area (Å²) in [6.07, 6.45) is 1.63. The summed E-state index contributed by atoms with van der Waals surface area (Å²) < 4.78 is 16.0. The van der Waals surface area contributed by atoms with Crippen molar-refractivity contribution in [3.63, 3.8) is 0 Å². The second-order valence-electron chi connectivity index (χ2n) is 9.44. The van der Waals surface area contributed by atoms with Crippen molar-refractivity contribution in [3.05, 3.63) is 83.6 Å². The minimum Gasteiger partial charge on any atom is -0.497 e. The van der Waals surface area contributed by atoms with Crippen molar-refractivity contribution in [1.29, 1.82) is 0 Å². The number of hydrogen-bond acceptors (Lipinski definition) is 7. The molecule has 2 aliphatic heterocycles. The average Bonchev–Trinajstić information content (AvgIpc) is 2.99. The predicted octanol–water partition coefficient (Wildman–Crippen LogP) is 3.23. The Morgan fingerprint density at radius 2 is 1.73 bits per heavy atom. The molecule has 2 heterocycles. The molecule has 1 saturated heterocycles. The van der Waals surface area contributed by atoms with Crippen molar-refractivity contribution in [2.24, 2.45) is 0 Å². The summed E-state index contributed by atoms with van der Waals surface area (Å²) in [4.78, 5) is 45.3. The molecule has 0 radical (unpaired) electrons. The third-order valence-corrected chi connectivity index (χ3v) is 7.04. The Balaban J connectivity index is 1.60. The molecule has 0 bridgehead atoms. The van der Waals surface area contributed by atoms with Crippen LogP contribution in [0.15, 0.2) is 72.5 Å². The van der Waals surface area contributed by atoms with Gasteiger partial charge in [-0.15, -0.1) is 6.58 Å². The summed E-state index contributed by atoms with van der Waals surface area (Å²) in [6.45, 7) is 8.49. The Morgan fingerprint density at radius 1 is 1.02 bits per heavy atom. The van der Waals surface area contributed by atoms with Crippen molar-refractivity contribution >= 4 is 17.9 Å². The monoisotopic (exact) mass is 548 g/mol. The number of piperazine rings is 1. The first-order valence-corrected chi connectivity index (χ1v) is 13.3. The molecular weight excluding hydrogens is 512 g/mol. The van der Waals surface area contributed by atoms with Gasteiger partial charge in [-0.3, -0.25) is 14.6 Å². The molecule has 212 valence electrons. The van der Waals surface area contributed by atoms with Gasteiger partial charge in [-0.2, -0.15) is 0 Å². The molecule has 2 aromatic rings. The van der Waals surface area contributed by atoms with E-state index in [0.717, 1.165) is 5.56 Å². The summed E-state index contributed by atoms with van der Waals surface area (Å²) in [5.74, 6) is 0.753. The summed E-state index contributed by atoms with van der Waals surface area (Å²) in [7, 11) is 3.15. The van der Waals surface area contributed by atoms with Gasteiger partial charge < -0.3 is 24.4 Å². The van der Waals surface area contributed by atoms with Crippen LogP contribution < -0.4 is 14.8 Å². The Hall–Kier alpha value is -4.31. The number of ether oxygens (including phenoxy) is 3. The number of amides is 3. The highest BCUT2D eigenvalue weighted by molar-refractivity contribution is 5.96. The molecule has 2 aliphatic rings. The molecule has 40 heavy (non-hydrogen) atoms. The van der Waals surface area contributed by atoms with Crippen LogP contribution in [0.25, 0.3) is 0 Å². The van der Waals surface area contributed by atoms with Crippen molar-refractivity contribution in [1.82, 2.24) is 20.0 Å².